The minimum atomic E-state index is 0.345. The second-order valence-electron chi connectivity index (χ2n) is 4.43. The van der Waals surface area contributed by atoms with E-state index in [1.165, 1.54) is 5.56 Å². The van der Waals surface area contributed by atoms with E-state index >= 15 is 0 Å². The Labute approximate surface area is 84.0 Å². The van der Waals surface area contributed by atoms with Crippen molar-refractivity contribution in [2.24, 2.45) is 5.41 Å². The van der Waals surface area contributed by atoms with Crippen molar-refractivity contribution in [3.8, 4) is 0 Å². The van der Waals surface area contributed by atoms with Crippen LogP contribution in [0.1, 0.15) is 18.2 Å². The number of aryl methyl sites for hydroxylation is 1. The van der Waals surface area contributed by atoms with Gasteiger partial charge in [-0.25, -0.2) is 0 Å². The summed E-state index contributed by atoms with van der Waals surface area (Å²) in [6.45, 7) is 7.94. The number of H-pyrrole nitrogens is 1. The van der Waals surface area contributed by atoms with Crippen molar-refractivity contribution in [1.82, 2.24) is 15.5 Å². The Morgan fingerprint density at radius 3 is 2.93 bits per heavy atom. The molecule has 78 valence electrons. The average Bonchev–Trinajstić information content (AvgIpc) is 2.49. The first-order valence-corrected chi connectivity index (χ1v) is 4.97. The molecule has 0 aliphatic carbocycles. The number of hydrogen-bond acceptors (Lipinski definition) is 3. The van der Waals surface area contributed by atoms with Gasteiger partial charge in [0.15, 0.2) is 0 Å². The largest absolute Gasteiger partial charge is 0.380 e. The van der Waals surface area contributed by atoms with Gasteiger partial charge in [0.1, 0.15) is 0 Å². The van der Waals surface area contributed by atoms with Gasteiger partial charge in [-0.2, -0.15) is 5.10 Å². The van der Waals surface area contributed by atoms with Crippen LogP contribution in [0.2, 0.25) is 0 Å². The van der Waals surface area contributed by atoms with Gasteiger partial charge in [0.2, 0.25) is 0 Å². The van der Waals surface area contributed by atoms with E-state index in [-0.39, 0.29) is 0 Å². The zero-order chi connectivity index (χ0) is 10.0. The second kappa shape index (κ2) is 3.71. The van der Waals surface area contributed by atoms with Crippen molar-refractivity contribution >= 4 is 0 Å². The van der Waals surface area contributed by atoms with E-state index in [2.05, 4.69) is 22.4 Å². The second-order valence-corrected chi connectivity index (χ2v) is 4.43. The first-order chi connectivity index (χ1) is 6.70. The molecule has 1 aromatic heterocycles. The standard InChI is InChI=1S/C10H17N3O/c1-8-9(4-12-13-8)3-11-5-10(2)6-14-7-10/h4,11H,3,5-7H2,1-2H3,(H,12,13). The predicted octanol–water partition coefficient (Wildman–Crippen LogP) is 0.844. The van der Waals surface area contributed by atoms with Crippen LogP contribution in [0.25, 0.3) is 0 Å². The quantitative estimate of drug-likeness (QED) is 0.748. The van der Waals surface area contributed by atoms with Crippen LogP contribution in [0, 0.1) is 12.3 Å². The van der Waals surface area contributed by atoms with Gasteiger partial charge in [-0.15, -0.1) is 0 Å². The van der Waals surface area contributed by atoms with E-state index in [1.54, 1.807) is 0 Å². The number of nitrogens with one attached hydrogen (secondary N) is 2. The highest BCUT2D eigenvalue weighted by Gasteiger charge is 2.32. The highest BCUT2D eigenvalue weighted by atomic mass is 16.5. The summed E-state index contributed by atoms with van der Waals surface area (Å²) in [5.41, 5.74) is 2.74. The van der Waals surface area contributed by atoms with E-state index in [0.29, 0.717) is 5.41 Å². The number of rotatable bonds is 4. The van der Waals surface area contributed by atoms with E-state index in [9.17, 15) is 0 Å². The van der Waals surface area contributed by atoms with Gasteiger partial charge in [0.05, 0.1) is 19.4 Å². The summed E-state index contributed by atoms with van der Waals surface area (Å²) >= 11 is 0. The molecular formula is C10H17N3O. The molecule has 0 amide bonds. The van der Waals surface area contributed by atoms with Crippen LogP contribution in [-0.2, 0) is 11.3 Å². The van der Waals surface area contributed by atoms with Crippen molar-refractivity contribution < 1.29 is 4.74 Å². The number of aromatic amines is 1. The van der Waals surface area contributed by atoms with E-state index in [1.807, 2.05) is 13.1 Å². The molecule has 1 aliphatic rings. The Bertz CT molecular complexity index is 304. The lowest BCUT2D eigenvalue weighted by atomic mass is 9.89. The van der Waals surface area contributed by atoms with Crippen LogP contribution < -0.4 is 5.32 Å². The lowest BCUT2D eigenvalue weighted by molar-refractivity contribution is -0.0991. The molecule has 0 spiro atoms. The van der Waals surface area contributed by atoms with Gasteiger partial charge in [-0.1, -0.05) is 6.92 Å². The molecule has 0 saturated carbocycles. The molecule has 0 atom stereocenters. The van der Waals surface area contributed by atoms with Crippen molar-refractivity contribution in [3.05, 3.63) is 17.5 Å². The van der Waals surface area contributed by atoms with E-state index in [4.69, 9.17) is 4.74 Å². The molecule has 1 fully saturated rings. The van der Waals surface area contributed by atoms with Crippen LogP contribution in [0.4, 0.5) is 0 Å². The maximum absolute atomic E-state index is 5.19. The molecule has 2 N–H and O–H groups in total. The lowest BCUT2D eigenvalue weighted by Crippen LogP contribution is -2.47. The van der Waals surface area contributed by atoms with Crippen molar-refractivity contribution in [2.45, 2.75) is 20.4 Å². The molecule has 1 aromatic rings. The molecule has 14 heavy (non-hydrogen) atoms. The van der Waals surface area contributed by atoms with Gasteiger partial charge >= 0.3 is 0 Å². The number of ether oxygens (including phenoxy) is 1. The minimum absolute atomic E-state index is 0.345. The van der Waals surface area contributed by atoms with Crippen LogP contribution in [0.3, 0.4) is 0 Å². The van der Waals surface area contributed by atoms with Gasteiger partial charge in [0.25, 0.3) is 0 Å². The van der Waals surface area contributed by atoms with Crippen LogP contribution in [0.5, 0.6) is 0 Å². The van der Waals surface area contributed by atoms with Crippen molar-refractivity contribution in [3.63, 3.8) is 0 Å². The molecule has 0 bridgehead atoms. The third kappa shape index (κ3) is 1.96. The van der Waals surface area contributed by atoms with Crippen LogP contribution >= 0.6 is 0 Å². The molecule has 4 nitrogen and oxygen atoms in total. The lowest BCUT2D eigenvalue weighted by Gasteiger charge is -2.38. The average molecular weight is 195 g/mol. The first-order valence-electron chi connectivity index (χ1n) is 4.97. The molecule has 0 radical (unpaired) electrons. The van der Waals surface area contributed by atoms with Crippen molar-refractivity contribution in [2.75, 3.05) is 19.8 Å². The topological polar surface area (TPSA) is 49.9 Å². The third-order valence-corrected chi connectivity index (χ3v) is 2.70. The van der Waals surface area contributed by atoms with Gasteiger partial charge < -0.3 is 10.1 Å². The van der Waals surface area contributed by atoms with Gasteiger partial charge in [0, 0.05) is 29.8 Å². The molecule has 0 aromatic carbocycles. The molecule has 1 aliphatic heterocycles. The Morgan fingerprint density at radius 1 is 1.64 bits per heavy atom. The number of hydrogen-bond donors (Lipinski definition) is 2. The summed E-state index contributed by atoms with van der Waals surface area (Å²) in [4.78, 5) is 0. The SMILES string of the molecule is Cc1[nH]ncc1CNCC1(C)COC1. The normalized spacial score (nSPS) is 19.3. The van der Waals surface area contributed by atoms with Gasteiger partial charge in [-0.05, 0) is 6.92 Å². The summed E-state index contributed by atoms with van der Waals surface area (Å²) in [7, 11) is 0. The summed E-state index contributed by atoms with van der Waals surface area (Å²) in [5.74, 6) is 0. The Balaban J connectivity index is 1.75. The minimum Gasteiger partial charge on any atom is -0.380 e. The number of aromatic nitrogens is 2. The van der Waals surface area contributed by atoms with E-state index < -0.39 is 0 Å². The summed E-state index contributed by atoms with van der Waals surface area (Å²) in [6, 6.07) is 0. The Morgan fingerprint density at radius 2 is 2.43 bits per heavy atom. The fourth-order valence-corrected chi connectivity index (χ4v) is 1.61. The van der Waals surface area contributed by atoms with Crippen LogP contribution in [0.15, 0.2) is 6.20 Å². The molecule has 2 heterocycles. The third-order valence-electron chi connectivity index (χ3n) is 2.70. The zero-order valence-electron chi connectivity index (χ0n) is 8.76. The smallest absolute Gasteiger partial charge is 0.0554 e. The fraction of sp³-hybridized carbons (Fsp3) is 0.700. The van der Waals surface area contributed by atoms with E-state index in [0.717, 1.165) is 32.0 Å². The molecule has 2 rings (SSSR count). The summed E-state index contributed by atoms with van der Waals surface area (Å²) in [6.07, 6.45) is 1.88. The molecule has 0 unspecified atom stereocenters. The Kier molecular flexibility index (Phi) is 2.56. The van der Waals surface area contributed by atoms with Gasteiger partial charge in [-0.3, -0.25) is 5.10 Å². The fourth-order valence-electron chi connectivity index (χ4n) is 1.61. The maximum atomic E-state index is 5.19. The zero-order valence-corrected chi connectivity index (χ0v) is 8.76. The predicted molar refractivity (Wildman–Crippen MR) is 54.0 cm³/mol. The van der Waals surface area contributed by atoms with Crippen LogP contribution in [-0.4, -0.2) is 30.0 Å². The molecule has 1 saturated heterocycles. The summed E-state index contributed by atoms with van der Waals surface area (Å²) in [5, 5.41) is 10.3. The first kappa shape index (κ1) is 9.68. The number of nitrogens with zero attached hydrogens (tertiary/aromatic N) is 1. The highest BCUT2D eigenvalue weighted by molar-refractivity contribution is 5.13. The molecule has 4 heteroatoms. The molecular weight excluding hydrogens is 178 g/mol. The summed E-state index contributed by atoms with van der Waals surface area (Å²) < 4.78 is 5.19. The Hall–Kier alpha value is -0.870. The van der Waals surface area contributed by atoms with Crippen molar-refractivity contribution in [1.29, 1.82) is 0 Å². The maximum Gasteiger partial charge on any atom is 0.0554 e. The highest BCUT2D eigenvalue weighted by Crippen LogP contribution is 2.25. The monoisotopic (exact) mass is 195 g/mol.